The van der Waals surface area contributed by atoms with E-state index < -0.39 is 5.60 Å². The third kappa shape index (κ3) is 2.46. The molecule has 0 spiro atoms. The first-order chi connectivity index (χ1) is 11.6. The summed E-state index contributed by atoms with van der Waals surface area (Å²) in [4.78, 5) is 15.1. The van der Waals surface area contributed by atoms with Gasteiger partial charge in [0.25, 0.3) is 0 Å². The first kappa shape index (κ1) is 15.5. The molecule has 4 heteroatoms. The average Bonchev–Trinajstić information content (AvgIpc) is 3.23. The SMILES string of the molecule is C[C@H](C(=O)N1[C@@H]2CC[C@@H]1CC(O)(c1ccco1)C2)c1ccccc1. The number of piperidine rings is 1. The van der Waals surface area contributed by atoms with Gasteiger partial charge >= 0.3 is 0 Å². The van der Waals surface area contributed by atoms with Crippen molar-refractivity contribution in [3.05, 3.63) is 60.1 Å². The highest BCUT2D eigenvalue weighted by Gasteiger charge is 2.51. The van der Waals surface area contributed by atoms with Gasteiger partial charge in [0, 0.05) is 24.9 Å². The molecular formula is C20H23NO3. The van der Waals surface area contributed by atoms with Crippen LogP contribution in [-0.4, -0.2) is 28.0 Å². The van der Waals surface area contributed by atoms with Crippen LogP contribution in [0.15, 0.2) is 53.1 Å². The van der Waals surface area contributed by atoms with Crippen LogP contribution >= 0.6 is 0 Å². The summed E-state index contributed by atoms with van der Waals surface area (Å²) in [6.07, 6.45) is 4.64. The molecule has 1 N–H and O–H groups in total. The quantitative estimate of drug-likeness (QED) is 0.941. The Bertz CT molecular complexity index is 696. The molecule has 24 heavy (non-hydrogen) atoms. The lowest BCUT2D eigenvalue weighted by Gasteiger charge is -2.43. The zero-order valence-electron chi connectivity index (χ0n) is 13.9. The van der Waals surface area contributed by atoms with E-state index in [1.807, 2.05) is 54.3 Å². The zero-order valence-corrected chi connectivity index (χ0v) is 13.9. The van der Waals surface area contributed by atoms with Crippen molar-refractivity contribution in [2.24, 2.45) is 0 Å². The van der Waals surface area contributed by atoms with Crippen LogP contribution in [0.3, 0.4) is 0 Å². The highest BCUT2D eigenvalue weighted by molar-refractivity contribution is 5.84. The normalized spacial score (nSPS) is 30.3. The molecule has 2 fully saturated rings. The van der Waals surface area contributed by atoms with Crippen LogP contribution < -0.4 is 0 Å². The Balaban J connectivity index is 1.55. The zero-order chi connectivity index (χ0) is 16.7. The second-order valence-corrected chi connectivity index (χ2v) is 7.18. The van der Waals surface area contributed by atoms with E-state index in [0.717, 1.165) is 18.4 Å². The summed E-state index contributed by atoms with van der Waals surface area (Å²) in [6.45, 7) is 1.98. The molecule has 0 radical (unpaired) electrons. The molecule has 2 aromatic rings. The van der Waals surface area contributed by atoms with E-state index in [2.05, 4.69) is 0 Å². The fourth-order valence-corrected chi connectivity index (χ4v) is 4.44. The van der Waals surface area contributed by atoms with Gasteiger partial charge in [0.05, 0.1) is 12.2 Å². The third-order valence-corrected chi connectivity index (χ3v) is 5.67. The largest absolute Gasteiger partial charge is 0.466 e. The highest BCUT2D eigenvalue weighted by Crippen LogP contribution is 2.46. The van der Waals surface area contributed by atoms with Crippen LogP contribution in [-0.2, 0) is 10.4 Å². The number of furan rings is 1. The van der Waals surface area contributed by atoms with E-state index in [1.54, 1.807) is 6.26 Å². The third-order valence-electron chi connectivity index (χ3n) is 5.67. The maximum Gasteiger partial charge on any atom is 0.230 e. The molecule has 0 unspecified atom stereocenters. The number of benzene rings is 1. The monoisotopic (exact) mass is 325 g/mol. The molecule has 2 bridgehead atoms. The number of nitrogens with zero attached hydrogens (tertiary/aromatic N) is 1. The molecule has 0 saturated carbocycles. The Labute approximate surface area is 142 Å². The minimum absolute atomic E-state index is 0.0949. The van der Waals surface area contributed by atoms with Crippen LogP contribution in [0, 0.1) is 0 Å². The summed E-state index contributed by atoms with van der Waals surface area (Å²) < 4.78 is 5.46. The first-order valence-electron chi connectivity index (χ1n) is 8.72. The fourth-order valence-electron chi connectivity index (χ4n) is 4.44. The van der Waals surface area contributed by atoms with Crippen LogP contribution in [0.4, 0.5) is 0 Å². The molecule has 1 aromatic carbocycles. The van der Waals surface area contributed by atoms with E-state index in [4.69, 9.17) is 4.42 Å². The summed E-state index contributed by atoms with van der Waals surface area (Å²) >= 11 is 0. The number of hydrogen-bond donors (Lipinski definition) is 1. The Morgan fingerprint density at radius 1 is 1.17 bits per heavy atom. The van der Waals surface area contributed by atoms with Crippen LogP contribution in [0.5, 0.6) is 0 Å². The minimum atomic E-state index is -0.942. The van der Waals surface area contributed by atoms with Crippen molar-refractivity contribution in [1.82, 2.24) is 4.90 Å². The van der Waals surface area contributed by atoms with Crippen LogP contribution in [0.25, 0.3) is 0 Å². The first-order valence-corrected chi connectivity index (χ1v) is 8.72. The molecule has 4 nitrogen and oxygen atoms in total. The summed E-state index contributed by atoms with van der Waals surface area (Å²) in [5, 5.41) is 11.0. The Morgan fingerprint density at radius 3 is 2.42 bits per heavy atom. The Morgan fingerprint density at radius 2 is 1.83 bits per heavy atom. The molecule has 1 aromatic heterocycles. The predicted molar refractivity (Wildman–Crippen MR) is 90.4 cm³/mol. The molecule has 2 saturated heterocycles. The number of aliphatic hydroxyl groups is 1. The second kappa shape index (κ2) is 5.78. The van der Waals surface area contributed by atoms with Crippen molar-refractivity contribution < 1.29 is 14.3 Å². The molecule has 2 aliphatic heterocycles. The van der Waals surface area contributed by atoms with Crippen molar-refractivity contribution in [3.8, 4) is 0 Å². The van der Waals surface area contributed by atoms with Crippen molar-refractivity contribution in [3.63, 3.8) is 0 Å². The van der Waals surface area contributed by atoms with Crippen molar-refractivity contribution in [2.45, 2.75) is 56.2 Å². The van der Waals surface area contributed by atoms with Gasteiger partial charge in [-0.3, -0.25) is 4.79 Å². The van der Waals surface area contributed by atoms with Gasteiger partial charge in [-0.2, -0.15) is 0 Å². The average molecular weight is 325 g/mol. The van der Waals surface area contributed by atoms with Crippen LogP contribution in [0.1, 0.15) is 49.8 Å². The topological polar surface area (TPSA) is 53.7 Å². The van der Waals surface area contributed by atoms with E-state index in [1.165, 1.54) is 0 Å². The fraction of sp³-hybridized carbons (Fsp3) is 0.450. The molecule has 126 valence electrons. The molecule has 3 heterocycles. The molecule has 4 rings (SSSR count). The highest BCUT2D eigenvalue weighted by atomic mass is 16.4. The molecule has 3 atom stereocenters. The second-order valence-electron chi connectivity index (χ2n) is 7.18. The van der Waals surface area contributed by atoms with Gasteiger partial charge in [-0.1, -0.05) is 30.3 Å². The van der Waals surface area contributed by atoms with Gasteiger partial charge in [0.2, 0.25) is 5.91 Å². The number of hydrogen-bond acceptors (Lipinski definition) is 3. The molecule has 2 aliphatic rings. The smallest absolute Gasteiger partial charge is 0.230 e. The van der Waals surface area contributed by atoms with Crippen molar-refractivity contribution in [1.29, 1.82) is 0 Å². The predicted octanol–water partition coefficient (Wildman–Crippen LogP) is 3.42. The standard InChI is InChI=1S/C20H23NO3/c1-14(15-6-3-2-4-7-15)19(22)21-16-9-10-17(21)13-20(23,12-16)18-8-5-11-24-18/h2-8,11,14,16-17,23H,9-10,12-13H2,1H3/t14-,16+,17+/m0/s1. The summed E-state index contributed by atoms with van der Waals surface area (Å²) in [6, 6.07) is 13.8. The van der Waals surface area contributed by atoms with Gasteiger partial charge in [0.15, 0.2) is 0 Å². The van der Waals surface area contributed by atoms with Gasteiger partial charge < -0.3 is 14.4 Å². The maximum absolute atomic E-state index is 13.1. The maximum atomic E-state index is 13.1. The Hall–Kier alpha value is -2.07. The number of carbonyl (C=O) groups excluding carboxylic acids is 1. The van der Waals surface area contributed by atoms with Crippen LogP contribution in [0.2, 0.25) is 0 Å². The summed E-state index contributed by atoms with van der Waals surface area (Å²) in [5.41, 5.74) is 0.107. The molecular weight excluding hydrogens is 302 g/mol. The number of amides is 1. The number of rotatable bonds is 3. The summed E-state index contributed by atoms with van der Waals surface area (Å²) in [7, 11) is 0. The Kier molecular flexibility index (Phi) is 3.72. The lowest BCUT2D eigenvalue weighted by molar-refractivity contribution is -0.144. The van der Waals surface area contributed by atoms with E-state index in [0.29, 0.717) is 18.6 Å². The molecule has 0 aliphatic carbocycles. The minimum Gasteiger partial charge on any atom is -0.466 e. The van der Waals surface area contributed by atoms with Gasteiger partial charge in [-0.25, -0.2) is 0 Å². The van der Waals surface area contributed by atoms with Gasteiger partial charge in [0.1, 0.15) is 11.4 Å². The number of carbonyl (C=O) groups is 1. The van der Waals surface area contributed by atoms with Crippen molar-refractivity contribution >= 4 is 5.91 Å². The van der Waals surface area contributed by atoms with Crippen molar-refractivity contribution in [2.75, 3.05) is 0 Å². The lowest BCUT2D eigenvalue weighted by Crippen LogP contribution is -2.52. The van der Waals surface area contributed by atoms with E-state index >= 15 is 0 Å². The lowest BCUT2D eigenvalue weighted by atomic mass is 9.83. The van der Waals surface area contributed by atoms with E-state index in [9.17, 15) is 9.90 Å². The molecule has 1 amide bonds. The van der Waals surface area contributed by atoms with Gasteiger partial charge in [-0.15, -0.1) is 0 Å². The summed E-state index contributed by atoms with van der Waals surface area (Å²) in [5.74, 6) is 0.655. The van der Waals surface area contributed by atoms with Gasteiger partial charge in [-0.05, 0) is 37.5 Å². The number of fused-ring (bicyclic) bond motifs is 2. The van der Waals surface area contributed by atoms with E-state index in [-0.39, 0.29) is 23.9 Å².